The minimum Gasteiger partial charge on any atom is -0.350 e. The molecule has 242 valence electrons. The summed E-state index contributed by atoms with van der Waals surface area (Å²) in [4.78, 5) is 33.5. The molecule has 0 bridgehead atoms. The Morgan fingerprint density at radius 1 is 1.09 bits per heavy atom. The number of nitrogens with zero attached hydrogens (tertiary/aromatic N) is 4. The van der Waals surface area contributed by atoms with Crippen LogP contribution in [0.5, 0.6) is 0 Å². The van der Waals surface area contributed by atoms with E-state index in [1.807, 2.05) is 0 Å². The van der Waals surface area contributed by atoms with Gasteiger partial charge in [-0.2, -0.15) is 36.2 Å². The Labute approximate surface area is 246 Å². The number of carbonyl (C=O) groups excluding carboxylic acids is 2. The van der Waals surface area contributed by atoms with Gasteiger partial charge in [-0.25, -0.2) is 13.8 Å². The Balaban J connectivity index is 1.53. The topological polar surface area (TPSA) is 118 Å². The van der Waals surface area contributed by atoms with Crippen molar-refractivity contribution >= 4 is 22.8 Å². The van der Waals surface area contributed by atoms with Crippen LogP contribution in [0.25, 0.3) is 11.0 Å². The van der Waals surface area contributed by atoms with Crippen LogP contribution >= 0.6 is 0 Å². The van der Waals surface area contributed by atoms with Crippen molar-refractivity contribution < 1.29 is 44.7 Å². The molecule has 0 unspecified atom stereocenters. The van der Waals surface area contributed by atoms with Crippen LogP contribution in [-0.4, -0.2) is 55.1 Å². The van der Waals surface area contributed by atoms with E-state index in [1.54, 1.807) is 25.1 Å². The number of carbonyl (C=O) groups is 2. The zero-order chi connectivity index (χ0) is 32.4. The van der Waals surface area contributed by atoms with Gasteiger partial charge in [0.2, 0.25) is 11.8 Å². The maximum absolute atomic E-state index is 13.9. The fourth-order valence-electron chi connectivity index (χ4n) is 4.97. The predicted octanol–water partition coefficient (Wildman–Crippen LogP) is 6.17. The summed E-state index contributed by atoms with van der Waals surface area (Å²) in [7, 11) is 0. The molecule has 1 aromatic carbocycles. The second kappa shape index (κ2) is 12.7. The van der Waals surface area contributed by atoms with E-state index in [2.05, 4.69) is 30.8 Å². The number of aromatic nitrogens is 5. The lowest BCUT2D eigenvalue weighted by Crippen LogP contribution is -2.38. The van der Waals surface area contributed by atoms with Crippen LogP contribution < -0.4 is 10.6 Å². The first-order valence-corrected chi connectivity index (χ1v) is 13.9. The Morgan fingerprint density at radius 3 is 2.41 bits per heavy atom. The Hall–Kier alpha value is -3.79. The summed E-state index contributed by atoms with van der Waals surface area (Å²) in [6.45, 7) is 1.94. The third-order valence-corrected chi connectivity index (χ3v) is 7.62. The number of imidazole rings is 1. The van der Waals surface area contributed by atoms with E-state index in [4.69, 9.17) is 0 Å². The molecular formula is C27H31F8N7O2. The molecule has 17 heteroatoms. The number of H-pyrrole nitrogens is 1. The zero-order valence-electron chi connectivity index (χ0n) is 23.7. The van der Waals surface area contributed by atoms with Crippen LogP contribution in [0.1, 0.15) is 86.3 Å². The van der Waals surface area contributed by atoms with E-state index in [1.165, 1.54) is 0 Å². The maximum Gasteiger partial charge on any atom is 0.393 e. The van der Waals surface area contributed by atoms with Crippen molar-refractivity contribution in [2.45, 2.75) is 89.3 Å². The number of hydrogen-bond acceptors (Lipinski definition) is 5. The molecule has 2 aromatic heterocycles. The number of alkyl halides is 8. The molecule has 3 aromatic rings. The zero-order valence-corrected chi connectivity index (χ0v) is 23.7. The molecule has 44 heavy (non-hydrogen) atoms. The largest absolute Gasteiger partial charge is 0.393 e. The van der Waals surface area contributed by atoms with E-state index >= 15 is 0 Å². The first-order valence-electron chi connectivity index (χ1n) is 13.9. The maximum atomic E-state index is 13.9. The predicted molar refractivity (Wildman–Crippen MR) is 140 cm³/mol. The number of nitrogens with one attached hydrogen (secondary N) is 3. The lowest BCUT2D eigenvalue weighted by atomic mass is 9.81. The summed E-state index contributed by atoms with van der Waals surface area (Å²) in [5.41, 5.74) is 1.18. The highest BCUT2D eigenvalue weighted by molar-refractivity contribution is 5.92. The first kappa shape index (κ1) is 33.1. The van der Waals surface area contributed by atoms with Crippen molar-refractivity contribution in [2.24, 2.45) is 11.8 Å². The smallest absolute Gasteiger partial charge is 0.350 e. The summed E-state index contributed by atoms with van der Waals surface area (Å²) < 4.78 is 104. The van der Waals surface area contributed by atoms with E-state index in [0.29, 0.717) is 16.6 Å². The van der Waals surface area contributed by atoms with Gasteiger partial charge in [-0.3, -0.25) is 9.59 Å². The van der Waals surface area contributed by atoms with Crippen molar-refractivity contribution in [1.29, 1.82) is 0 Å². The number of rotatable bonds is 10. The van der Waals surface area contributed by atoms with Crippen LogP contribution in [-0.2, 0) is 11.3 Å². The molecule has 2 amide bonds. The molecule has 4 rings (SSSR count). The molecule has 3 atom stereocenters. The highest BCUT2D eigenvalue weighted by Crippen LogP contribution is 2.41. The van der Waals surface area contributed by atoms with Crippen LogP contribution in [0.15, 0.2) is 24.4 Å². The van der Waals surface area contributed by atoms with Crippen molar-refractivity contribution in [2.75, 3.05) is 0 Å². The fourth-order valence-corrected chi connectivity index (χ4v) is 4.97. The minimum atomic E-state index is -4.48. The molecule has 1 aliphatic rings. The van der Waals surface area contributed by atoms with Crippen LogP contribution in [0.2, 0.25) is 0 Å². The third kappa shape index (κ3) is 8.65. The van der Waals surface area contributed by atoms with E-state index in [-0.39, 0.29) is 24.4 Å². The molecule has 0 saturated heterocycles. The molecule has 2 heterocycles. The third-order valence-electron chi connectivity index (χ3n) is 7.62. The lowest BCUT2D eigenvalue weighted by molar-refractivity contribution is -0.174. The number of fused-ring (bicyclic) bond motifs is 1. The quantitative estimate of drug-likeness (QED) is 0.230. The van der Waals surface area contributed by atoms with Crippen LogP contribution in [0.4, 0.5) is 35.1 Å². The van der Waals surface area contributed by atoms with E-state index < -0.39 is 86.2 Å². The molecule has 3 N–H and O–H groups in total. The van der Waals surface area contributed by atoms with Crippen LogP contribution in [0.3, 0.4) is 0 Å². The van der Waals surface area contributed by atoms with Gasteiger partial charge in [0.15, 0.2) is 5.69 Å². The normalized spacial score (nSPS) is 18.1. The molecule has 0 spiro atoms. The summed E-state index contributed by atoms with van der Waals surface area (Å²) in [6, 6.07) is 3.31. The number of amides is 2. The average molecular weight is 638 g/mol. The van der Waals surface area contributed by atoms with Crippen molar-refractivity contribution in [3.63, 3.8) is 0 Å². The van der Waals surface area contributed by atoms with Gasteiger partial charge in [0, 0.05) is 19.3 Å². The summed E-state index contributed by atoms with van der Waals surface area (Å²) in [5.74, 6) is -6.41. The molecule has 9 nitrogen and oxygen atoms in total. The average Bonchev–Trinajstić information content (AvgIpc) is 3.56. The highest BCUT2D eigenvalue weighted by Gasteiger charge is 2.40. The first-order chi connectivity index (χ1) is 20.4. The number of halogens is 8. The van der Waals surface area contributed by atoms with Gasteiger partial charge >= 0.3 is 12.4 Å². The summed E-state index contributed by atoms with van der Waals surface area (Å²) in [5, 5.41) is 12.8. The highest BCUT2D eigenvalue weighted by atomic mass is 19.4. The molecule has 0 aliphatic heterocycles. The second-order valence-electron chi connectivity index (χ2n) is 11.2. The van der Waals surface area contributed by atoms with Gasteiger partial charge in [0.25, 0.3) is 5.91 Å². The molecular weight excluding hydrogens is 606 g/mol. The van der Waals surface area contributed by atoms with E-state index in [0.717, 1.165) is 17.9 Å². The van der Waals surface area contributed by atoms with Gasteiger partial charge in [0.1, 0.15) is 5.82 Å². The monoisotopic (exact) mass is 637 g/mol. The Kier molecular flexibility index (Phi) is 9.54. The number of benzene rings is 1. The Bertz CT molecular complexity index is 1460. The van der Waals surface area contributed by atoms with Crippen molar-refractivity contribution in [1.82, 2.24) is 35.6 Å². The van der Waals surface area contributed by atoms with E-state index in [9.17, 15) is 44.7 Å². The molecule has 1 saturated carbocycles. The van der Waals surface area contributed by atoms with Crippen molar-refractivity contribution in [3.8, 4) is 0 Å². The summed E-state index contributed by atoms with van der Waals surface area (Å²) in [6.07, 6.45) is -10.6. The van der Waals surface area contributed by atoms with Crippen molar-refractivity contribution in [3.05, 3.63) is 41.5 Å². The minimum absolute atomic E-state index is 0.0526. The lowest BCUT2D eigenvalue weighted by Gasteiger charge is -2.33. The molecule has 1 aliphatic carbocycles. The summed E-state index contributed by atoms with van der Waals surface area (Å²) >= 11 is 0. The fraction of sp³-hybridized carbons (Fsp3) is 0.593. The second-order valence-corrected chi connectivity index (χ2v) is 11.2. The number of hydrogen-bond donors (Lipinski definition) is 3. The molecule has 0 radical (unpaired) electrons. The van der Waals surface area contributed by atoms with Gasteiger partial charge in [-0.1, -0.05) is 13.0 Å². The SMILES string of the molecule is C[C@@H](NC(=O)CCC(F)(F)F)c1ccc2nc([C@@H](NC(=O)c3cnn(C[C@H](C)C(F)(F)F)n3)C3CCC(F)(F)CC3)[nH]c2c1. The van der Waals surface area contributed by atoms with Gasteiger partial charge in [-0.05, 0) is 43.4 Å². The van der Waals surface area contributed by atoms with Gasteiger partial charge < -0.3 is 15.6 Å². The Morgan fingerprint density at radius 2 is 1.77 bits per heavy atom. The standard InChI is InChI=1S/C27H31F8N7O2/c1-14(27(33,34)35)13-42-36-12-20(41-42)24(44)40-22(16-5-8-25(28,29)9-6-16)23-38-18-4-3-17(11-19(18)39-23)15(2)37-21(43)7-10-26(30,31)32/h3-4,11-12,14-16,22H,5-10,13H2,1-2H3,(H,37,43)(H,38,39)(H,40,44)/t14-,15+,22-/m0/s1. The van der Waals surface area contributed by atoms with Crippen LogP contribution in [0, 0.1) is 11.8 Å². The molecule has 1 fully saturated rings. The number of aromatic amines is 1. The van der Waals surface area contributed by atoms with Gasteiger partial charge in [-0.15, -0.1) is 5.10 Å². The van der Waals surface area contributed by atoms with Gasteiger partial charge in [0.05, 0.1) is 48.2 Å².